The van der Waals surface area contributed by atoms with E-state index in [2.05, 4.69) is 23.0 Å². The van der Waals surface area contributed by atoms with E-state index in [1.54, 1.807) is 0 Å². The van der Waals surface area contributed by atoms with E-state index in [-0.39, 0.29) is 5.91 Å². The lowest BCUT2D eigenvalue weighted by atomic mass is 9.84. The molecule has 0 atom stereocenters. The summed E-state index contributed by atoms with van der Waals surface area (Å²) in [6.45, 7) is 1.49. The third-order valence-electron chi connectivity index (χ3n) is 3.37. The Morgan fingerprint density at radius 1 is 1.12 bits per heavy atom. The third kappa shape index (κ3) is 3.48. The van der Waals surface area contributed by atoms with Crippen molar-refractivity contribution in [1.82, 2.24) is 5.43 Å². The molecular weight excluding hydrogens is 212 g/mol. The van der Waals surface area contributed by atoms with E-state index in [4.69, 9.17) is 0 Å². The second kappa shape index (κ2) is 5.71. The van der Waals surface area contributed by atoms with E-state index in [9.17, 15) is 4.79 Å². The van der Waals surface area contributed by atoms with Crippen molar-refractivity contribution in [3.63, 3.8) is 0 Å². The van der Waals surface area contributed by atoms with E-state index in [0.29, 0.717) is 0 Å². The van der Waals surface area contributed by atoms with E-state index in [1.807, 2.05) is 12.1 Å². The summed E-state index contributed by atoms with van der Waals surface area (Å²) < 4.78 is 0. The molecule has 1 fully saturated rings. The molecule has 17 heavy (non-hydrogen) atoms. The monoisotopic (exact) mass is 232 g/mol. The van der Waals surface area contributed by atoms with Crippen molar-refractivity contribution in [3.8, 4) is 0 Å². The largest absolute Gasteiger partial charge is 0.299 e. The topological polar surface area (TPSA) is 41.1 Å². The van der Waals surface area contributed by atoms with Gasteiger partial charge in [-0.3, -0.25) is 15.6 Å². The van der Waals surface area contributed by atoms with Crippen LogP contribution in [0.4, 0.5) is 5.69 Å². The molecule has 0 aliphatic heterocycles. The third-order valence-corrected chi connectivity index (χ3v) is 3.37. The van der Waals surface area contributed by atoms with Gasteiger partial charge in [0.2, 0.25) is 5.91 Å². The standard InChI is InChI=1S/C14H20N2O/c1-11(17)15-16-14-9-7-13(8-10-14)12-5-3-2-4-6-12/h7-10,12,16H,2-6H2,1H3,(H,15,17). The molecule has 1 aliphatic carbocycles. The van der Waals surface area contributed by atoms with E-state index >= 15 is 0 Å². The van der Waals surface area contributed by atoms with Crippen molar-refractivity contribution in [2.24, 2.45) is 0 Å². The molecule has 0 radical (unpaired) electrons. The highest BCUT2D eigenvalue weighted by atomic mass is 16.2. The molecule has 1 aliphatic rings. The molecule has 0 aromatic heterocycles. The zero-order valence-corrected chi connectivity index (χ0v) is 10.3. The number of benzene rings is 1. The Bertz CT molecular complexity index is 366. The van der Waals surface area contributed by atoms with Crippen molar-refractivity contribution in [2.75, 3.05) is 5.43 Å². The molecule has 92 valence electrons. The maximum absolute atomic E-state index is 10.8. The van der Waals surface area contributed by atoms with Gasteiger partial charge in [-0.25, -0.2) is 0 Å². The Kier molecular flexibility index (Phi) is 4.02. The number of nitrogens with one attached hydrogen (secondary N) is 2. The first-order valence-electron chi connectivity index (χ1n) is 6.38. The van der Waals surface area contributed by atoms with Crippen LogP contribution < -0.4 is 10.9 Å². The number of anilines is 1. The summed E-state index contributed by atoms with van der Waals surface area (Å²) in [5.41, 5.74) is 7.81. The minimum Gasteiger partial charge on any atom is -0.299 e. The second-order valence-electron chi connectivity index (χ2n) is 4.76. The first kappa shape index (κ1) is 12.0. The van der Waals surface area contributed by atoms with Gasteiger partial charge in [0.15, 0.2) is 0 Å². The lowest BCUT2D eigenvalue weighted by Crippen LogP contribution is -2.26. The lowest BCUT2D eigenvalue weighted by molar-refractivity contribution is -0.118. The zero-order chi connectivity index (χ0) is 12.1. The summed E-state index contributed by atoms with van der Waals surface area (Å²) in [6, 6.07) is 8.39. The van der Waals surface area contributed by atoms with Crippen molar-refractivity contribution in [3.05, 3.63) is 29.8 Å². The van der Waals surface area contributed by atoms with Crippen LogP contribution in [0.5, 0.6) is 0 Å². The normalized spacial score (nSPS) is 16.5. The Labute approximate surface area is 103 Å². The SMILES string of the molecule is CC(=O)NNc1ccc(C2CCCCC2)cc1. The highest BCUT2D eigenvalue weighted by molar-refractivity contribution is 5.74. The fourth-order valence-electron chi connectivity index (χ4n) is 2.43. The summed E-state index contributed by atoms with van der Waals surface area (Å²) in [6.07, 6.45) is 6.74. The highest BCUT2D eigenvalue weighted by Crippen LogP contribution is 2.32. The first-order chi connectivity index (χ1) is 8.25. The van der Waals surface area contributed by atoms with E-state index in [0.717, 1.165) is 11.6 Å². The number of hydrogen-bond donors (Lipinski definition) is 2. The number of hydrogen-bond acceptors (Lipinski definition) is 2. The van der Waals surface area contributed by atoms with Gasteiger partial charge >= 0.3 is 0 Å². The maximum atomic E-state index is 10.8. The average Bonchev–Trinajstić information content (AvgIpc) is 2.38. The van der Waals surface area contributed by atoms with Crippen molar-refractivity contribution in [2.45, 2.75) is 44.9 Å². The molecule has 2 N–H and O–H groups in total. The Balaban J connectivity index is 1.94. The predicted octanol–water partition coefficient (Wildman–Crippen LogP) is 3.20. The number of amides is 1. The smallest absolute Gasteiger partial charge is 0.235 e. The molecule has 0 spiro atoms. The first-order valence-corrected chi connectivity index (χ1v) is 6.38. The average molecular weight is 232 g/mol. The Morgan fingerprint density at radius 2 is 1.76 bits per heavy atom. The van der Waals surface area contributed by atoms with Gasteiger partial charge in [-0.1, -0.05) is 31.4 Å². The van der Waals surface area contributed by atoms with Crippen LogP contribution in [0, 0.1) is 0 Å². The summed E-state index contributed by atoms with van der Waals surface area (Å²) in [5.74, 6) is 0.653. The molecule has 1 amide bonds. The van der Waals surface area contributed by atoms with E-state index in [1.165, 1.54) is 44.6 Å². The van der Waals surface area contributed by atoms with Gasteiger partial charge in [0.1, 0.15) is 0 Å². The summed E-state index contributed by atoms with van der Waals surface area (Å²) in [5, 5.41) is 0. The number of hydrazine groups is 1. The maximum Gasteiger partial charge on any atom is 0.235 e. The fourth-order valence-corrected chi connectivity index (χ4v) is 2.43. The molecule has 0 heterocycles. The second-order valence-corrected chi connectivity index (χ2v) is 4.76. The predicted molar refractivity (Wildman–Crippen MR) is 69.7 cm³/mol. The molecule has 0 unspecified atom stereocenters. The van der Waals surface area contributed by atoms with Crippen LogP contribution >= 0.6 is 0 Å². The molecule has 0 saturated heterocycles. The van der Waals surface area contributed by atoms with Crippen LogP contribution in [0.25, 0.3) is 0 Å². The van der Waals surface area contributed by atoms with Crippen molar-refractivity contribution >= 4 is 11.6 Å². The van der Waals surface area contributed by atoms with Crippen LogP contribution in [0.15, 0.2) is 24.3 Å². The number of carbonyl (C=O) groups is 1. The van der Waals surface area contributed by atoms with Crippen LogP contribution in [-0.2, 0) is 4.79 Å². The molecule has 1 aromatic carbocycles. The molecule has 2 rings (SSSR count). The van der Waals surface area contributed by atoms with Crippen molar-refractivity contribution in [1.29, 1.82) is 0 Å². The van der Waals surface area contributed by atoms with Gasteiger partial charge in [0, 0.05) is 6.92 Å². The molecule has 0 bridgehead atoms. The molecular formula is C14H20N2O. The molecule has 3 heteroatoms. The molecule has 1 aromatic rings. The Hall–Kier alpha value is -1.51. The zero-order valence-electron chi connectivity index (χ0n) is 10.3. The van der Waals surface area contributed by atoms with Gasteiger partial charge in [-0.15, -0.1) is 0 Å². The van der Waals surface area contributed by atoms with Crippen LogP contribution in [0.3, 0.4) is 0 Å². The van der Waals surface area contributed by atoms with Crippen molar-refractivity contribution < 1.29 is 4.79 Å². The summed E-state index contributed by atoms with van der Waals surface area (Å²) >= 11 is 0. The van der Waals surface area contributed by atoms with Gasteiger partial charge < -0.3 is 0 Å². The Morgan fingerprint density at radius 3 is 2.35 bits per heavy atom. The van der Waals surface area contributed by atoms with Gasteiger partial charge in [0.05, 0.1) is 5.69 Å². The minimum atomic E-state index is -0.0821. The van der Waals surface area contributed by atoms with E-state index < -0.39 is 0 Å². The van der Waals surface area contributed by atoms with Gasteiger partial charge in [0.25, 0.3) is 0 Å². The van der Waals surface area contributed by atoms with Gasteiger partial charge in [-0.05, 0) is 36.5 Å². The van der Waals surface area contributed by atoms with Gasteiger partial charge in [-0.2, -0.15) is 0 Å². The van der Waals surface area contributed by atoms with Crippen LogP contribution in [-0.4, -0.2) is 5.91 Å². The highest BCUT2D eigenvalue weighted by Gasteiger charge is 2.14. The number of carbonyl (C=O) groups excluding carboxylic acids is 1. The minimum absolute atomic E-state index is 0.0821. The fraction of sp³-hybridized carbons (Fsp3) is 0.500. The summed E-state index contributed by atoms with van der Waals surface area (Å²) in [4.78, 5) is 10.8. The quantitative estimate of drug-likeness (QED) is 0.786. The molecule has 3 nitrogen and oxygen atoms in total. The molecule has 1 saturated carbocycles. The van der Waals surface area contributed by atoms with Crippen LogP contribution in [0.1, 0.15) is 50.5 Å². The van der Waals surface area contributed by atoms with Crippen LogP contribution in [0.2, 0.25) is 0 Å². The summed E-state index contributed by atoms with van der Waals surface area (Å²) in [7, 11) is 0. The number of rotatable bonds is 3. The lowest BCUT2D eigenvalue weighted by Gasteiger charge is -2.22.